The highest BCUT2D eigenvalue weighted by Gasteiger charge is 2.17. The summed E-state index contributed by atoms with van der Waals surface area (Å²) in [6, 6.07) is 52.5. The van der Waals surface area contributed by atoms with Crippen molar-refractivity contribution in [2.24, 2.45) is 0 Å². The highest BCUT2D eigenvalue weighted by Crippen LogP contribution is 2.38. The van der Waals surface area contributed by atoms with E-state index in [9.17, 15) is 0 Å². The Balaban J connectivity index is 1.27. The van der Waals surface area contributed by atoms with Gasteiger partial charge in [0.25, 0.3) is 0 Å². The van der Waals surface area contributed by atoms with Crippen LogP contribution in [-0.4, -0.2) is 14.5 Å². The second kappa shape index (κ2) is 9.79. The van der Waals surface area contributed by atoms with Crippen molar-refractivity contribution in [3.05, 3.63) is 152 Å². The van der Waals surface area contributed by atoms with Crippen molar-refractivity contribution in [2.45, 2.75) is 0 Å². The van der Waals surface area contributed by atoms with E-state index < -0.39 is 0 Å². The van der Waals surface area contributed by atoms with Crippen LogP contribution in [0.1, 0.15) is 0 Å². The average Bonchev–Trinajstić information content (AvgIpc) is 3.65. The Bertz CT molecular complexity index is 2450. The minimum Gasteiger partial charge on any atom is -0.455 e. The molecule has 0 spiro atoms. The Labute approximate surface area is 253 Å². The molecule has 0 aliphatic rings. The van der Waals surface area contributed by atoms with E-state index in [-0.39, 0.29) is 0 Å². The molecule has 206 valence electrons. The molecule has 0 unspecified atom stereocenters. The SMILES string of the molecule is c1ccc(-c2cc(-c3cccc(-c4cccc5c4oc4ccccc45)c3)nc(-n3c4ccccc4c4ccccc43)n2)cc1. The van der Waals surface area contributed by atoms with Crippen LogP contribution in [0.5, 0.6) is 0 Å². The third-order valence-corrected chi connectivity index (χ3v) is 8.44. The van der Waals surface area contributed by atoms with Gasteiger partial charge in [-0.2, -0.15) is 0 Å². The van der Waals surface area contributed by atoms with E-state index in [2.05, 4.69) is 126 Å². The fourth-order valence-electron chi connectivity index (χ4n) is 6.40. The first-order chi connectivity index (χ1) is 21.8. The van der Waals surface area contributed by atoms with E-state index in [0.29, 0.717) is 5.95 Å². The Morgan fingerprint density at radius 2 is 1.00 bits per heavy atom. The van der Waals surface area contributed by atoms with Gasteiger partial charge in [-0.3, -0.25) is 4.57 Å². The standard InChI is InChI=1S/C40H25N3O/c1-2-12-26(13-3-1)34-25-35(42-40(41-34)43-36-21-7-4-16-30(36)31-17-5-8-22-37(31)43)28-15-10-14-27(24-28)29-19-11-20-33-32-18-6-9-23-38(32)44-39(29)33/h1-25H. The zero-order valence-corrected chi connectivity index (χ0v) is 23.7. The molecule has 0 bridgehead atoms. The van der Waals surface area contributed by atoms with Gasteiger partial charge in [0.1, 0.15) is 11.2 Å². The molecule has 9 aromatic rings. The van der Waals surface area contributed by atoms with Crippen LogP contribution in [0.25, 0.3) is 83.3 Å². The molecule has 3 aromatic heterocycles. The molecule has 0 fully saturated rings. The van der Waals surface area contributed by atoms with Gasteiger partial charge in [0.2, 0.25) is 5.95 Å². The van der Waals surface area contributed by atoms with Crippen molar-refractivity contribution in [3.8, 4) is 39.6 Å². The van der Waals surface area contributed by atoms with Crippen molar-refractivity contribution < 1.29 is 4.42 Å². The lowest BCUT2D eigenvalue weighted by Gasteiger charge is -2.12. The van der Waals surface area contributed by atoms with E-state index in [1.54, 1.807) is 0 Å². The molecule has 44 heavy (non-hydrogen) atoms. The van der Waals surface area contributed by atoms with Gasteiger partial charge in [0, 0.05) is 38.2 Å². The first-order valence-electron chi connectivity index (χ1n) is 14.8. The number of benzene rings is 6. The number of hydrogen-bond acceptors (Lipinski definition) is 3. The average molecular weight is 564 g/mol. The Hall–Kier alpha value is -6.00. The maximum absolute atomic E-state index is 6.38. The third-order valence-electron chi connectivity index (χ3n) is 8.44. The number of fused-ring (bicyclic) bond motifs is 6. The molecule has 0 amide bonds. The van der Waals surface area contributed by atoms with E-state index in [4.69, 9.17) is 14.4 Å². The van der Waals surface area contributed by atoms with Crippen LogP contribution in [-0.2, 0) is 0 Å². The number of rotatable bonds is 4. The summed E-state index contributed by atoms with van der Waals surface area (Å²) in [5, 5.41) is 4.60. The normalized spacial score (nSPS) is 11.6. The summed E-state index contributed by atoms with van der Waals surface area (Å²) in [5.41, 5.74) is 9.86. The quantitative estimate of drug-likeness (QED) is 0.214. The molecule has 0 radical (unpaired) electrons. The highest BCUT2D eigenvalue weighted by molar-refractivity contribution is 6.10. The first kappa shape index (κ1) is 24.6. The van der Waals surface area contributed by atoms with Crippen LogP contribution in [0, 0.1) is 0 Å². The summed E-state index contributed by atoms with van der Waals surface area (Å²) >= 11 is 0. The highest BCUT2D eigenvalue weighted by atomic mass is 16.3. The summed E-state index contributed by atoms with van der Waals surface area (Å²) in [5.74, 6) is 0.642. The maximum Gasteiger partial charge on any atom is 0.235 e. The maximum atomic E-state index is 6.38. The largest absolute Gasteiger partial charge is 0.455 e. The van der Waals surface area contributed by atoms with Gasteiger partial charge in [-0.05, 0) is 35.9 Å². The minimum absolute atomic E-state index is 0.642. The Morgan fingerprint density at radius 1 is 0.432 bits per heavy atom. The van der Waals surface area contributed by atoms with Crippen molar-refractivity contribution in [1.29, 1.82) is 0 Å². The summed E-state index contributed by atoms with van der Waals surface area (Å²) in [4.78, 5) is 10.4. The lowest BCUT2D eigenvalue weighted by molar-refractivity contribution is 0.670. The molecular weight excluding hydrogens is 538 g/mol. The van der Waals surface area contributed by atoms with Crippen LogP contribution < -0.4 is 0 Å². The first-order valence-corrected chi connectivity index (χ1v) is 14.8. The Kier molecular flexibility index (Phi) is 5.47. The number of furan rings is 1. The number of hydrogen-bond donors (Lipinski definition) is 0. The molecule has 6 aromatic carbocycles. The summed E-state index contributed by atoms with van der Waals surface area (Å²) in [6.45, 7) is 0. The monoisotopic (exact) mass is 563 g/mol. The van der Waals surface area contributed by atoms with Gasteiger partial charge >= 0.3 is 0 Å². The van der Waals surface area contributed by atoms with Gasteiger partial charge in [-0.15, -0.1) is 0 Å². The molecule has 3 heterocycles. The van der Waals surface area contributed by atoms with Crippen molar-refractivity contribution >= 4 is 43.7 Å². The predicted molar refractivity (Wildman–Crippen MR) is 180 cm³/mol. The lowest BCUT2D eigenvalue weighted by Crippen LogP contribution is -2.04. The summed E-state index contributed by atoms with van der Waals surface area (Å²) < 4.78 is 8.56. The second-order valence-corrected chi connectivity index (χ2v) is 11.0. The number of aromatic nitrogens is 3. The molecule has 0 N–H and O–H groups in total. The predicted octanol–water partition coefficient (Wildman–Crippen LogP) is 10.5. The Morgan fingerprint density at radius 3 is 1.77 bits per heavy atom. The van der Waals surface area contributed by atoms with Crippen LogP contribution in [0.4, 0.5) is 0 Å². The second-order valence-electron chi connectivity index (χ2n) is 11.0. The van der Waals surface area contributed by atoms with Gasteiger partial charge in [0.05, 0.1) is 22.4 Å². The molecule has 0 atom stereocenters. The van der Waals surface area contributed by atoms with Crippen molar-refractivity contribution in [1.82, 2.24) is 14.5 Å². The van der Waals surface area contributed by atoms with Crippen LogP contribution in [0.3, 0.4) is 0 Å². The molecule has 0 saturated heterocycles. The van der Waals surface area contributed by atoms with Crippen LogP contribution >= 0.6 is 0 Å². The zero-order valence-electron chi connectivity index (χ0n) is 23.7. The van der Waals surface area contributed by atoms with Gasteiger partial charge in [-0.25, -0.2) is 9.97 Å². The van der Waals surface area contributed by atoms with E-state index in [1.807, 2.05) is 30.3 Å². The van der Waals surface area contributed by atoms with Crippen LogP contribution in [0.2, 0.25) is 0 Å². The summed E-state index contributed by atoms with van der Waals surface area (Å²) in [7, 11) is 0. The number of para-hydroxylation sites is 4. The fraction of sp³-hybridized carbons (Fsp3) is 0. The van der Waals surface area contributed by atoms with Crippen molar-refractivity contribution in [2.75, 3.05) is 0 Å². The molecule has 0 aliphatic heterocycles. The molecule has 4 heteroatoms. The molecule has 0 saturated carbocycles. The third kappa shape index (κ3) is 3.85. The van der Waals surface area contributed by atoms with Crippen molar-refractivity contribution in [3.63, 3.8) is 0 Å². The lowest BCUT2D eigenvalue weighted by atomic mass is 9.99. The van der Waals surface area contributed by atoms with E-state index >= 15 is 0 Å². The fourth-order valence-corrected chi connectivity index (χ4v) is 6.40. The molecule has 9 rings (SSSR count). The molecule has 4 nitrogen and oxygen atoms in total. The minimum atomic E-state index is 0.642. The zero-order chi connectivity index (χ0) is 29.0. The van der Waals surface area contributed by atoms with E-state index in [1.165, 1.54) is 10.8 Å². The molecule has 0 aliphatic carbocycles. The smallest absolute Gasteiger partial charge is 0.235 e. The molecular formula is C40H25N3O. The summed E-state index contributed by atoms with van der Waals surface area (Å²) in [6.07, 6.45) is 0. The van der Waals surface area contributed by atoms with Gasteiger partial charge in [-0.1, -0.05) is 121 Å². The van der Waals surface area contributed by atoms with E-state index in [0.717, 1.165) is 66.6 Å². The van der Waals surface area contributed by atoms with Gasteiger partial charge < -0.3 is 4.42 Å². The number of nitrogens with zero attached hydrogens (tertiary/aromatic N) is 3. The van der Waals surface area contributed by atoms with Crippen LogP contribution in [0.15, 0.2) is 156 Å². The van der Waals surface area contributed by atoms with Gasteiger partial charge in [0.15, 0.2) is 0 Å². The topological polar surface area (TPSA) is 43.9 Å².